The monoisotopic (exact) mass is 341 g/mol. The summed E-state index contributed by atoms with van der Waals surface area (Å²) in [7, 11) is 1.76. The number of benzene rings is 1. The third kappa shape index (κ3) is 3.53. The molecule has 10 heteroatoms. The zero-order chi connectivity index (χ0) is 18.1. The van der Waals surface area contributed by atoms with Gasteiger partial charge in [-0.15, -0.1) is 0 Å². The van der Waals surface area contributed by atoms with Gasteiger partial charge in [0.1, 0.15) is 5.69 Å². The zero-order valence-corrected chi connectivity index (χ0v) is 13.0. The number of rotatable bonds is 4. The molecule has 0 saturated carbocycles. The van der Waals surface area contributed by atoms with Gasteiger partial charge in [-0.1, -0.05) is 0 Å². The molecule has 0 spiro atoms. The Kier molecular flexibility index (Phi) is 4.58. The van der Waals surface area contributed by atoms with Crippen LogP contribution in [0, 0.1) is 24.0 Å². The van der Waals surface area contributed by atoms with Gasteiger partial charge in [-0.2, -0.15) is 23.4 Å². The molecule has 0 saturated heterocycles. The predicted molar refractivity (Wildman–Crippen MR) is 82.0 cm³/mol. The van der Waals surface area contributed by atoms with Gasteiger partial charge in [-0.25, -0.2) is 0 Å². The molecule has 0 unspecified atom stereocenters. The van der Waals surface area contributed by atoms with E-state index in [2.05, 4.69) is 15.6 Å². The molecule has 0 radical (unpaired) electrons. The van der Waals surface area contributed by atoms with Gasteiger partial charge in [0.25, 0.3) is 5.69 Å². The number of nitro groups is 1. The van der Waals surface area contributed by atoms with E-state index in [0.29, 0.717) is 11.8 Å². The Morgan fingerprint density at radius 3 is 2.54 bits per heavy atom. The summed E-state index contributed by atoms with van der Waals surface area (Å²) in [6, 6.07) is 2.20. The van der Waals surface area contributed by atoms with Crippen LogP contribution in [0.2, 0.25) is 0 Å². The van der Waals surface area contributed by atoms with E-state index >= 15 is 0 Å². The van der Waals surface area contributed by atoms with Crippen molar-refractivity contribution in [1.29, 1.82) is 0 Å². The molecule has 2 aromatic rings. The first-order valence-electron chi connectivity index (χ1n) is 6.76. The third-order valence-electron chi connectivity index (χ3n) is 3.47. The van der Waals surface area contributed by atoms with Crippen molar-refractivity contribution >= 4 is 17.6 Å². The SMILES string of the molecule is Cc1nn(C)c(C)c1/C=N/Nc1ccc(C(F)(F)F)cc1[N+](=O)[O-]. The molecule has 0 aliphatic heterocycles. The number of hydrogen-bond donors (Lipinski definition) is 1. The Morgan fingerprint density at radius 2 is 2.04 bits per heavy atom. The Balaban J connectivity index is 2.29. The summed E-state index contributed by atoms with van der Waals surface area (Å²) in [6.07, 6.45) is -3.24. The van der Waals surface area contributed by atoms with Crippen LogP contribution in [0.25, 0.3) is 0 Å². The zero-order valence-electron chi connectivity index (χ0n) is 13.0. The molecule has 0 amide bonds. The van der Waals surface area contributed by atoms with Crippen LogP contribution in [-0.2, 0) is 13.2 Å². The van der Waals surface area contributed by atoms with Gasteiger partial charge < -0.3 is 0 Å². The standard InChI is InChI=1S/C14H14F3N5O2/c1-8-11(9(2)21(3)20-8)7-18-19-12-5-4-10(14(15,16)17)6-13(12)22(23)24/h4-7,19H,1-3H3/b18-7+. The Morgan fingerprint density at radius 1 is 1.38 bits per heavy atom. The topological polar surface area (TPSA) is 85.3 Å². The summed E-state index contributed by atoms with van der Waals surface area (Å²) in [5, 5.41) is 19.0. The van der Waals surface area contributed by atoms with E-state index in [1.54, 1.807) is 18.7 Å². The lowest BCUT2D eigenvalue weighted by Crippen LogP contribution is -2.06. The van der Waals surface area contributed by atoms with E-state index in [9.17, 15) is 23.3 Å². The lowest BCUT2D eigenvalue weighted by molar-refractivity contribution is -0.384. The van der Waals surface area contributed by atoms with Gasteiger partial charge in [-0.05, 0) is 26.0 Å². The lowest BCUT2D eigenvalue weighted by Gasteiger charge is -2.08. The molecule has 0 bridgehead atoms. The van der Waals surface area contributed by atoms with Crippen molar-refractivity contribution in [2.45, 2.75) is 20.0 Å². The highest BCUT2D eigenvalue weighted by atomic mass is 19.4. The van der Waals surface area contributed by atoms with Crippen molar-refractivity contribution in [2.75, 3.05) is 5.43 Å². The number of halogens is 3. The number of nitrogens with zero attached hydrogens (tertiary/aromatic N) is 4. The third-order valence-corrected chi connectivity index (χ3v) is 3.47. The summed E-state index contributed by atoms with van der Waals surface area (Å²) in [4.78, 5) is 10.1. The van der Waals surface area contributed by atoms with Gasteiger partial charge in [0, 0.05) is 24.4 Å². The molecule has 24 heavy (non-hydrogen) atoms. The van der Waals surface area contributed by atoms with Crippen LogP contribution in [0.5, 0.6) is 0 Å². The fraction of sp³-hybridized carbons (Fsp3) is 0.286. The minimum atomic E-state index is -4.66. The van der Waals surface area contributed by atoms with Crippen LogP contribution in [0.3, 0.4) is 0 Å². The fourth-order valence-corrected chi connectivity index (χ4v) is 2.10. The van der Waals surface area contributed by atoms with Gasteiger partial charge in [-0.3, -0.25) is 20.2 Å². The van der Waals surface area contributed by atoms with E-state index < -0.39 is 22.4 Å². The molecule has 0 fully saturated rings. The van der Waals surface area contributed by atoms with Crippen LogP contribution < -0.4 is 5.43 Å². The average molecular weight is 341 g/mol. The molecular formula is C14H14F3N5O2. The summed E-state index contributed by atoms with van der Waals surface area (Å²) < 4.78 is 39.6. The summed E-state index contributed by atoms with van der Waals surface area (Å²) in [5.41, 5.74) is 2.74. The van der Waals surface area contributed by atoms with Crippen LogP contribution >= 0.6 is 0 Å². The van der Waals surface area contributed by atoms with Crippen molar-refractivity contribution in [2.24, 2.45) is 12.1 Å². The van der Waals surface area contributed by atoms with E-state index in [-0.39, 0.29) is 5.69 Å². The number of hydrazone groups is 1. The first-order valence-corrected chi connectivity index (χ1v) is 6.76. The van der Waals surface area contributed by atoms with Crippen LogP contribution in [0.15, 0.2) is 23.3 Å². The van der Waals surface area contributed by atoms with Crippen LogP contribution in [0.1, 0.15) is 22.5 Å². The molecule has 1 heterocycles. The number of aromatic nitrogens is 2. The predicted octanol–water partition coefficient (Wildman–Crippen LogP) is 3.41. The molecule has 1 aromatic heterocycles. The Hall–Kier alpha value is -2.91. The highest BCUT2D eigenvalue weighted by Gasteiger charge is 2.33. The smallest absolute Gasteiger partial charge is 0.272 e. The Bertz CT molecular complexity index is 811. The molecule has 0 aliphatic carbocycles. The number of hydrogen-bond acceptors (Lipinski definition) is 5. The lowest BCUT2D eigenvalue weighted by atomic mass is 10.1. The van der Waals surface area contributed by atoms with Crippen molar-refractivity contribution in [3.05, 3.63) is 50.8 Å². The summed E-state index contributed by atoms with van der Waals surface area (Å²) in [5.74, 6) is 0. The van der Waals surface area contributed by atoms with Gasteiger partial charge in [0.05, 0.1) is 22.4 Å². The second-order valence-electron chi connectivity index (χ2n) is 5.06. The molecule has 0 atom stereocenters. The first kappa shape index (κ1) is 17.4. The number of aryl methyl sites for hydroxylation is 2. The van der Waals surface area contributed by atoms with Crippen molar-refractivity contribution in [3.8, 4) is 0 Å². The molecule has 7 nitrogen and oxygen atoms in total. The second kappa shape index (κ2) is 6.30. The molecule has 1 N–H and O–H groups in total. The van der Waals surface area contributed by atoms with Gasteiger partial charge in [0.2, 0.25) is 0 Å². The highest BCUT2D eigenvalue weighted by Crippen LogP contribution is 2.34. The van der Waals surface area contributed by atoms with E-state index in [0.717, 1.165) is 23.4 Å². The Labute approximate surface area is 134 Å². The average Bonchev–Trinajstić information content (AvgIpc) is 2.72. The fourth-order valence-electron chi connectivity index (χ4n) is 2.10. The van der Waals surface area contributed by atoms with E-state index in [1.807, 2.05) is 6.92 Å². The second-order valence-corrected chi connectivity index (χ2v) is 5.06. The maximum atomic E-state index is 12.6. The molecular weight excluding hydrogens is 327 g/mol. The number of alkyl halides is 3. The number of nitro benzene ring substituents is 1. The molecule has 1 aromatic carbocycles. The van der Waals surface area contributed by atoms with Crippen molar-refractivity contribution in [3.63, 3.8) is 0 Å². The largest absolute Gasteiger partial charge is 0.416 e. The maximum Gasteiger partial charge on any atom is 0.416 e. The summed E-state index contributed by atoms with van der Waals surface area (Å²) >= 11 is 0. The molecule has 0 aliphatic rings. The number of nitrogens with one attached hydrogen (secondary N) is 1. The maximum absolute atomic E-state index is 12.6. The molecule has 2 rings (SSSR count). The molecule has 128 valence electrons. The van der Waals surface area contributed by atoms with Crippen molar-refractivity contribution < 1.29 is 18.1 Å². The van der Waals surface area contributed by atoms with Crippen LogP contribution in [-0.4, -0.2) is 20.9 Å². The van der Waals surface area contributed by atoms with E-state index in [1.165, 1.54) is 6.21 Å². The van der Waals surface area contributed by atoms with Crippen molar-refractivity contribution in [1.82, 2.24) is 9.78 Å². The first-order chi connectivity index (χ1) is 11.1. The number of anilines is 1. The highest BCUT2D eigenvalue weighted by molar-refractivity contribution is 5.83. The quantitative estimate of drug-likeness (QED) is 0.525. The van der Waals surface area contributed by atoms with Gasteiger partial charge >= 0.3 is 6.18 Å². The van der Waals surface area contributed by atoms with Crippen LogP contribution in [0.4, 0.5) is 24.5 Å². The normalized spacial score (nSPS) is 11.9. The van der Waals surface area contributed by atoms with Gasteiger partial charge in [0.15, 0.2) is 0 Å². The minimum absolute atomic E-state index is 0.136. The minimum Gasteiger partial charge on any atom is -0.272 e. The summed E-state index contributed by atoms with van der Waals surface area (Å²) in [6.45, 7) is 3.59. The van der Waals surface area contributed by atoms with E-state index in [4.69, 9.17) is 0 Å².